The highest BCUT2D eigenvalue weighted by atomic mass is 35.5. The van der Waals surface area contributed by atoms with Crippen LogP contribution in [0.1, 0.15) is 32.1 Å². The summed E-state index contributed by atoms with van der Waals surface area (Å²) in [5.41, 5.74) is -1.20. The Balaban J connectivity index is 2.54. The van der Waals surface area contributed by atoms with Crippen molar-refractivity contribution < 1.29 is 19.4 Å². The molecule has 0 spiro atoms. The molecule has 17 heavy (non-hydrogen) atoms. The van der Waals surface area contributed by atoms with Gasteiger partial charge >= 0.3 is 12.1 Å². The number of carbonyl (C=O) groups excluding carboxylic acids is 1. The van der Waals surface area contributed by atoms with Crippen LogP contribution in [-0.4, -0.2) is 34.2 Å². The molecule has 5 nitrogen and oxygen atoms in total. The van der Waals surface area contributed by atoms with Crippen molar-refractivity contribution in [2.24, 2.45) is 0 Å². The minimum absolute atomic E-state index is 0.162. The molecular formula is C10H15Cl2NO4. The first-order valence-corrected chi connectivity index (χ1v) is 6.30. The molecule has 0 aromatic rings. The van der Waals surface area contributed by atoms with E-state index in [1.165, 1.54) is 0 Å². The van der Waals surface area contributed by atoms with E-state index in [0.717, 1.165) is 19.3 Å². The van der Waals surface area contributed by atoms with Gasteiger partial charge in [0.15, 0.2) is 0 Å². The van der Waals surface area contributed by atoms with Crippen LogP contribution in [0.4, 0.5) is 4.79 Å². The summed E-state index contributed by atoms with van der Waals surface area (Å²) in [6.45, 7) is -0.162. The van der Waals surface area contributed by atoms with Crippen LogP contribution in [0.3, 0.4) is 0 Å². The number of aliphatic carboxylic acids is 1. The maximum Gasteiger partial charge on any atom is 0.408 e. The number of ether oxygens (including phenoxy) is 1. The van der Waals surface area contributed by atoms with Crippen LogP contribution in [0.5, 0.6) is 0 Å². The van der Waals surface area contributed by atoms with Gasteiger partial charge in [-0.3, -0.25) is 0 Å². The minimum atomic E-state index is -1.20. The Kier molecular flexibility index (Phi) is 5.33. The van der Waals surface area contributed by atoms with Crippen LogP contribution in [0.25, 0.3) is 0 Å². The number of nitrogens with one attached hydrogen (secondary N) is 1. The van der Waals surface area contributed by atoms with Crippen LogP contribution in [0.2, 0.25) is 0 Å². The molecule has 1 aliphatic carbocycles. The number of hydrogen-bond acceptors (Lipinski definition) is 3. The summed E-state index contributed by atoms with van der Waals surface area (Å²) in [4.78, 5) is 21.8. The van der Waals surface area contributed by atoms with Gasteiger partial charge in [-0.05, 0) is 12.8 Å². The highest BCUT2D eigenvalue weighted by molar-refractivity contribution is 6.44. The smallest absolute Gasteiger partial charge is 0.408 e. The molecule has 0 saturated heterocycles. The molecule has 0 radical (unpaired) electrons. The lowest BCUT2D eigenvalue weighted by atomic mass is 9.82. The maximum absolute atomic E-state index is 11.4. The summed E-state index contributed by atoms with van der Waals surface area (Å²) in [5, 5.41) is 11.6. The van der Waals surface area contributed by atoms with Crippen LogP contribution in [-0.2, 0) is 9.53 Å². The number of alkyl carbamates (subject to hydrolysis) is 1. The van der Waals surface area contributed by atoms with Crippen molar-refractivity contribution >= 4 is 35.3 Å². The lowest BCUT2D eigenvalue weighted by Gasteiger charge is -2.33. The lowest BCUT2D eigenvalue weighted by Crippen LogP contribution is -2.55. The third kappa shape index (κ3) is 4.24. The molecule has 0 aromatic carbocycles. The van der Waals surface area contributed by atoms with Gasteiger partial charge in [0.25, 0.3) is 0 Å². The Morgan fingerprint density at radius 1 is 1.29 bits per heavy atom. The second-order valence-electron chi connectivity index (χ2n) is 4.06. The number of rotatable bonds is 4. The third-order valence-corrected chi connectivity index (χ3v) is 3.05. The zero-order chi connectivity index (χ0) is 12.9. The SMILES string of the molecule is O=C(NC1(C(=O)O)CCCCC1)OCC(Cl)Cl. The van der Waals surface area contributed by atoms with Crippen molar-refractivity contribution in [2.45, 2.75) is 42.5 Å². The third-order valence-electron chi connectivity index (χ3n) is 2.80. The number of carboxylic acids is 1. The van der Waals surface area contributed by atoms with E-state index < -0.39 is 22.4 Å². The number of carboxylic acid groups (broad SMARTS) is 1. The Morgan fingerprint density at radius 2 is 1.88 bits per heavy atom. The second-order valence-corrected chi connectivity index (χ2v) is 5.34. The van der Waals surface area contributed by atoms with Gasteiger partial charge in [-0.25, -0.2) is 9.59 Å². The van der Waals surface area contributed by atoms with Gasteiger partial charge in [-0.1, -0.05) is 19.3 Å². The summed E-state index contributed by atoms with van der Waals surface area (Å²) in [6.07, 6.45) is 2.59. The Labute approximate surface area is 109 Å². The number of carbonyl (C=O) groups is 2. The van der Waals surface area contributed by atoms with E-state index in [1.807, 2.05) is 0 Å². The van der Waals surface area contributed by atoms with Crippen molar-refractivity contribution in [1.29, 1.82) is 0 Å². The summed E-state index contributed by atoms with van der Waals surface area (Å²) in [7, 11) is 0. The highest BCUT2D eigenvalue weighted by Gasteiger charge is 2.41. The van der Waals surface area contributed by atoms with Gasteiger partial charge in [0.1, 0.15) is 17.0 Å². The van der Waals surface area contributed by atoms with Gasteiger partial charge in [0.05, 0.1) is 0 Å². The minimum Gasteiger partial charge on any atom is -0.480 e. The Bertz CT molecular complexity index is 290. The molecule has 0 heterocycles. The van der Waals surface area contributed by atoms with Crippen LogP contribution in [0.15, 0.2) is 0 Å². The second kappa shape index (κ2) is 6.31. The number of alkyl halides is 2. The maximum atomic E-state index is 11.4. The van der Waals surface area contributed by atoms with E-state index in [4.69, 9.17) is 27.9 Å². The van der Waals surface area contributed by atoms with E-state index in [2.05, 4.69) is 5.32 Å². The predicted octanol–water partition coefficient (Wildman–Crippen LogP) is 2.30. The molecule has 7 heteroatoms. The molecule has 0 atom stereocenters. The summed E-state index contributed by atoms with van der Waals surface area (Å²) in [6, 6.07) is 0. The molecule has 0 bridgehead atoms. The largest absolute Gasteiger partial charge is 0.480 e. The molecule has 1 saturated carbocycles. The van der Waals surface area contributed by atoms with Crippen LogP contribution < -0.4 is 5.32 Å². The van der Waals surface area contributed by atoms with Gasteiger partial charge in [0.2, 0.25) is 0 Å². The fraction of sp³-hybridized carbons (Fsp3) is 0.800. The average Bonchev–Trinajstić information content (AvgIpc) is 2.27. The normalized spacial score (nSPS) is 18.8. The predicted molar refractivity (Wildman–Crippen MR) is 63.4 cm³/mol. The molecule has 1 fully saturated rings. The van der Waals surface area contributed by atoms with Crippen LogP contribution in [0, 0.1) is 0 Å². The van der Waals surface area contributed by atoms with Crippen molar-refractivity contribution in [3.63, 3.8) is 0 Å². The molecule has 1 rings (SSSR count). The molecule has 98 valence electrons. The van der Waals surface area contributed by atoms with Gasteiger partial charge in [-0.15, -0.1) is 23.2 Å². The molecule has 2 N–H and O–H groups in total. The van der Waals surface area contributed by atoms with E-state index in [-0.39, 0.29) is 6.61 Å². The number of amides is 1. The number of halogens is 2. The van der Waals surface area contributed by atoms with Crippen molar-refractivity contribution in [3.8, 4) is 0 Å². The van der Waals surface area contributed by atoms with E-state index in [1.54, 1.807) is 0 Å². The first-order valence-electron chi connectivity index (χ1n) is 5.43. The monoisotopic (exact) mass is 283 g/mol. The van der Waals surface area contributed by atoms with Crippen molar-refractivity contribution in [3.05, 3.63) is 0 Å². The first kappa shape index (κ1) is 14.4. The van der Waals surface area contributed by atoms with Crippen molar-refractivity contribution in [2.75, 3.05) is 6.61 Å². The summed E-state index contributed by atoms with van der Waals surface area (Å²) >= 11 is 10.8. The molecule has 1 aliphatic rings. The fourth-order valence-corrected chi connectivity index (χ4v) is 2.04. The average molecular weight is 284 g/mol. The van der Waals surface area contributed by atoms with Gasteiger partial charge in [-0.2, -0.15) is 0 Å². The van der Waals surface area contributed by atoms with Gasteiger partial charge in [0, 0.05) is 0 Å². The van der Waals surface area contributed by atoms with E-state index in [9.17, 15) is 14.7 Å². The van der Waals surface area contributed by atoms with E-state index >= 15 is 0 Å². The molecule has 0 unspecified atom stereocenters. The van der Waals surface area contributed by atoms with Crippen LogP contribution >= 0.6 is 23.2 Å². The standard InChI is InChI=1S/C10H15Cl2NO4/c11-7(12)6-17-9(16)13-10(8(14)15)4-2-1-3-5-10/h7H,1-6H2,(H,13,16)(H,14,15). The Morgan fingerprint density at radius 3 is 2.35 bits per heavy atom. The zero-order valence-electron chi connectivity index (χ0n) is 9.25. The van der Waals surface area contributed by atoms with E-state index in [0.29, 0.717) is 12.8 Å². The Hall–Kier alpha value is -0.680. The lowest BCUT2D eigenvalue weighted by molar-refractivity contribution is -0.146. The van der Waals surface area contributed by atoms with Gasteiger partial charge < -0.3 is 15.2 Å². The topological polar surface area (TPSA) is 75.6 Å². The number of hydrogen-bond donors (Lipinski definition) is 2. The molecule has 0 aromatic heterocycles. The fourth-order valence-electron chi connectivity index (χ4n) is 1.92. The zero-order valence-corrected chi connectivity index (χ0v) is 10.8. The molecule has 0 aliphatic heterocycles. The molecule has 1 amide bonds. The highest BCUT2D eigenvalue weighted by Crippen LogP contribution is 2.28. The van der Waals surface area contributed by atoms with Crippen molar-refractivity contribution in [1.82, 2.24) is 5.32 Å². The summed E-state index contributed by atoms with van der Waals surface area (Å²) < 4.78 is 4.70. The molecular weight excluding hydrogens is 269 g/mol. The quantitative estimate of drug-likeness (QED) is 0.777. The summed E-state index contributed by atoms with van der Waals surface area (Å²) in [5.74, 6) is -1.03. The first-order chi connectivity index (χ1) is 7.96.